The van der Waals surface area contributed by atoms with E-state index in [9.17, 15) is 4.39 Å². The van der Waals surface area contributed by atoms with Gasteiger partial charge < -0.3 is 14.8 Å². The average Bonchev–Trinajstić information content (AvgIpc) is 2.28. The summed E-state index contributed by atoms with van der Waals surface area (Å²) in [6.45, 7) is 5.46. The van der Waals surface area contributed by atoms with Gasteiger partial charge in [-0.3, -0.25) is 0 Å². The topological polar surface area (TPSA) is 30.5 Å². The first-order valence-corrected chi connectivity index (χ1v) is 5.49. The van der Waals surface area contributed by atoms with E-state index < -0.39 is 0 Å². The minimum Gasteiger partial charge on any atom is -0.492 e. The van der Waals surface area contributed by atoms with Crippen molar-refractivity contribution in [1.29, 1.82) is 0 Å². The van der Waals surface area contributed by atoms with Gasteiger partial charge in [-0.25, -0.2) is 4.39 Å². The van der Waals surface area contributed by atoms with E-state index >= 15 is 0 Å². The van der Waals surface area contributed by atoms with Crippen LogP contribution in [0.5, 0.6) is 5.75 Å². The molecule has 0 saturated carbocycles. The summed E-state index contributed by atoms with van der Waals surface area (Å²) in [4.78, 5) is 0. The van der Waals surface area contributed by atoms with Crippen molar-refractivity contribution in [2.45, 2.75) is 6.92 Å². The molecule has 90 valence electrons. The van der Waals surface area contributed by atoms with Crippen molar-refractivity contribution >= 4 is 0 Å². The zero-order valence-corrected chi connectivity index (χ0v) is 9.54. The molecule has 0 bridgehead atoms. The maximum absolute atomic E-state index is 12.8. The number of halogens is 1. The van der Waals surface area contributed by atoms with Crippen LogP contribution < -0.4 is 10.1 Å². The summed E-state index contributed by atoms with van der Waals surface area (Å²) < 4.78 is 23.3. The predicted octanol–water partition coefficient (Wildman–Crippen LogP) is 1.83. The van der Waals surface area contributed by atoms with E-state index in [2.05, 4.69) is 5.32 Å². The average molecular weight is 227 g/mol. The molecular weight excluding hydrogens is 209 g/mol. The normalized spacial score (nSPS) is 10.4. The Hall–Kier alpha value is -1.13. The second-order valence-corrected chi connectivity index (χ2v) is 3.25. The molecule has 0 atom stereocenters. The van der Waals surface area contributed by atoms with Crippen LogP contribution in [0.1, 0.15) is 6.92 Å². The van der Waals surface area contributed by atoms with E-state index in [0.29, 0.717) is 19.0 Å². The number of nitrogens with one attached hydrogen (secondary N) is 1. The molecule has 0 aromatic heterocycles. The Morgan fingerprint density at radius 1 is 1.25 bits per heavy atom. The highest BCUT2D eigenvalue weighted by molar-refractivity contribution is 5.22. The lowest BCUT2D eigenvalue weighted by Gasteiger charge is -2.07. The zero-order valence-electron chi connectivity index (χ0n) is 9.54. The summed E-state index contributed by atoms with van der Waals surface area (Å²) >= 11 is 0. The molecule has 0 aliphatic carbocycles. The molecule has 1 rings (SSSR count). The van der Waals surface area contributed by atoms with Gasteiger partial charge in [-0.2, -0.15) is 0 Å². The van der Waals surface area contributed by atoms with Gasteiger partial charge in [0.2, 0.25) is 0 Å². The number of rotatable bonds is 8. The second kappa shape index (κ2) is 8.07. The molecule has 0 radical (unpaired) electrons. The Labute approximate surface area is 95.6 Å². The lowest BCUT2D eigenvalue weighted by molar-refractivity contribution is 0.148. The summed E-state index contributed by atoms with van der Waals surface area (Å²) in [6, 6.07) is 6.14. The minimum absolute atomic E-state index is 0.276. The third-order valence-electron chi connectivity index (χ3n) is 1.97. The lowest BCUT2D eigenvalue weighted by atomic mass is 10.3. The van der Waals surface area contributed by atoms with Gasteiger partial charge in [-0.1, -0.05) is 6.07 Å². The standard InChI is InChI=1S/C12H18FNO2/c1-2-15-8-6-14-7-9-16-12-5-3-4-11(13)10-12/h3-5,10,14H,2,6-9H2,1H3. The van der Waals surface area contributed by atoms with Crippen molar-refractivity contribution in [2.75, 3.05) is 32.9 Å². The van der Waals surface area contributed by atoms with Gasteiger partial charge in [0.25, 0.3) is 0 Å². The predicted molar refractivity (Wildman–Crippen MR) is 61.3 cm³/mol. The molecule has 4 heteroatoms. The van der Waals surface area contributed by atoms with Crippen molar-refractivity contribution < 1.29 is 13.9 Å². The van der Waals surface area contributed by atoms with Crippen LogP contribution in [0.3, 0.4) is 0 Å². The quantitative estimate of drug-likeness (QED) is 0.687. The van der Waals surface area contributed by atoms with E-state index in [0.717, 1.165) is 19.7 Å². The van der Waals surface area contributed by atoms with Gasteiger partial charge >= 0.3 is 0 Å². The van der Waals surface area contributed by atoms with Crippen LogP contribution >= 0.6 is 0 Å². The molecule has 0 fully saturated rings. The van der Waals surface area contributed by atoms with Crippen LogP contribution in [0.15, 0.2) is 24.3 Å². The van der Waals surface area contributed by atoms with Crippen molar-refractivity contribution in [3.05, 3.63) is 30.1 Å². The molecule has 1 aromatic carbocycles. The fourth-order valence-electron chi connectivity index (χ4n) is 1.21. The van der Waals surface area contributed by atoms with Crippen LogP contribution in [0.25, 0.3) is 0 Å². The largest absolute Gasteiger partial charge is 0.492 e. The Morgan fingerprint density at radius 2 is 2.06 bits per heavy atom. The monoisotopic (exact) mass is 227 g/mol. The van der Waals surface area contributed by atoms with E-state index in [1.54, 1.807) is 12.1 Å². The first kappa shape index (κ1) is 12.9. The van der Waals surface area contributed by atoms with Gasteiger partial charge in [0.15, 0.2) is 0 Å². The number of hydrogen-bond acceptors (Lipinski definition) is 3. The summed E-state index contributed by atoms with van der Waals surface area (Å²) in [7, 11) is 0. The SMILES string of the molecule is CCOCCNCCOc1cccc(F)c1. The van der Waals surface area contributed by atoms with E-state index in [-0.39, 0.29) is 5.82 Å². The Kier molecular flexibility index (Phi) is 6.53. The van der Waals surface area contributed by atoms with Crippen molar-refractivity contribution in [3.63, 3.8) is 0 Å². The van der Waals surface area contributed by atoms with Crippen LogP contribution in [-0.4, -0.2) is 32.9 Å². The Bertz CT molecular complexity index is 294. The molecule has 0 heterocycles. The molecule has 3 nitrogen and oxygen atoms in total. The van der Waals surface area contributed by atoms with E-state index in [1.807, 2.05) is 6.92 Å². The Balaban J connectivity index is 2.03. The molecule has 0 saturated heterocycles. The van der Waals surface area contributed by atoms with Crippen molar-refractivity contribution in [2.24, 2.45) is 0 Å². The highest BCUT2D eigenvalue weighted by Gasteiger charge is 1.95. The third-order valence-corrected chi connectivity index (χ3v) is 1.97. The summed E-state index contributed by atoms with van der Waals surface area (Å²) in [5.74, 6) is 0.286. The molecule has 0 amide bonds. The molecule has 16 heavy (non-hydrogen) atoms. The number of ether oxygens (including phenoxy) is 2. The van der Waals surface area contributed by atoms with Crippen molar-refractivity contribution in [1.82, 2.24) is 5.32 Å². The van der Waals surface area contributed by atoms with Gasteiger partial charge in [0.1, 0.15) is 18.2 Å². The van der Waals surface area contributed by atoms with Gasteiger partial charge in [0, 0.05) is 25.8 Å². The van der Waals surface area contributed by atoms with Crippen LogP contribution in [-0.2, 0) is 4.74 Å². The minimum atomic E-state index is -0.276. The molecule has 1 aromatic rings. The molecule has 0 spiro atoms. The zero-order chi connectivity index (χ0) is 11.6. The number of benzene rings is 1. The fourth-order valence-corrected chi connectivity index (χ4v) is 1.21. The Morgan fingerprint density at radius 3 is 2.81 bits per heavy atom. The lowest BCUT2D eigenvalue weighted by Crippen LogP contribution is -2.25. The fraction of sp³-hybridized carbons (Fsp3) is 0.500. The molecule has 0 aliphatic heterocycles. The van der Waals surface area contributed by atoms with Crippen molar-refractivity contribution in [3.8, 4) is 5.75 Å². The van der Waals surface area contributed by atoms with Gasteiger partial charge in [0.05, 0.1) is 6.61 Å². The maximum Gasteiger partial charge on any atom is 0.126 e. The summed E-state index contributed by atoms with van der Waals surface area (Å²) in [6.07, 6.45) is 0. The highest BCUT2D eigenvalue weighted by Crippen LogP contribution is 2.11. The van der Waals surface area contributed by atoms with Crippen LogP contribution in [0.4, 0.5) is 4.39 Å². The molecule has 0 aliphatic rings. The molecule has 0 unspecified atom stereocenters. The highest BCUT2D eigenvalue weighted by atomic mass is 19.1. The first-order chi connectivity index (χ1) is 7.83. The van der Waals surface area contributed by atoms with E-state index in [1.165, 1.54) is 12.1 Å². The molecule has 1 N–H and O–H groups in total. The smallest absolute Gasteiger partial charge is 0.126 e. The summed E-state index contributed by atoms with van der Waals surface area (Å²) in [5, 5.41) is 3.16. The number of hydrogen-bond donors (Lipinski definition) is 1. The maximum atomic E-state index is 12.8. The third kappa shape index (κ3) is 5.68. The van der Waals surface area contributed by atoms with Gasteiger partial charge in [-0.15, -0.1) is 0 Å². The summed E-state index contributed by atoms with van der Waals surface area (Å²) in [5.41, 5.74) is 0. The molecular formula is C12H18FNO2. The van der Waals surface area contributed by atoms with Crippen LogP contribution in [0.2, 0.25) is 0 Å². The van der Waals surface area contributed by atoms with Crippen LogP contribution in [0, 0.1) is 5.82 Å². The van der Waals surface area contributed by atoms with Gasteiger partial charge in [-0.05, 0) is 19.1 Å². The van der Waals surface area contributed by atoms with E-state index in [4.69, 9.17) is 9.47 Å². The first-order valence-electron chi connectivity index (χ1n) is 5.49. The second-order valence-electron chi connectivity index (χ2n) is 3.25.